The fourth-order valence-electron chi connectivity index (χ4n) is 3.70. The van der Waals surface area contributed by atoms with Crippen LogP contribution in [0.2, 0.25) is 0 Å². The number of ether oxygens (including phenoxy) is 3. The van der Waals surface area contributed by atoms with Crippen molar-refractivity contribution in [2.45, 2.75) is 31.2 Å². The van der Waals surface area contributed by atoms with E-state index < -0.39 is 5.24 Å². The Morgan fingerprint density at radius 3 is 2.82 bits per heavy atom. The number of aromatic nitrogens is 5. The molecule has 1 aliphatic rings. The number of nitrogens with zero attached hydrogens (tertiary/aromatic N) is 6. The second-order valence-corrected chi connectivity index (χ2v) is 8.26. The molecular weight excluding hydrogens is 419 g/mol. The maximum Gasteiger partial charge on any atom is 0.257 e. The lowest BCUT2D eigenvalue weighted by atomic mass is 9.49. The van der Waals surface area contributed by atoms with E-state index in [0.29, 0.717) is 36.8 Å². The van der Waals surface area contributed by atoms with Gasteiger partial charge in [0.25, 0.3) is 5.88 Å². The summed E-state index contributed by atoms with van der Waals surface area (Å²) in [7, 11) is 19.0. The van der Waals surface area contributed by atoms with Gasteiger partial charge in [0.15, 0.2) is 0 Å². The van der Waals surface area contributed by atoms with Gasteiger partial charge in [0.05, 0.1) is 55.6 Å². The van der Waals surface area contributed by atoms with Crippen LogP contribution in [-0.4, -0.2) is 80.9 Å². The predicted molar refractivity (Wildman–Crippen MR) is 124 cm³/mol. The number of nitrogens with one attached hydrogen (secondary N) is 1. The smallest absolute Gasteiger partial charge is 0.257 e. The van der Waals surface area contributed by atoms with Gasteiger partial charge >= 0.3 is 0 Å². The lowest BCUT2D eigenvalue weighted by molar-refractivity contribution is 0.134. The molecule has 0 saturated carbocycles. The molecule has 1 fully saturated rings. The summed E-state index contributed by atoms with van der Waals surface area (Å²) in [6, 6.07) is 3.83. The van der Waals surface area contributed by atoms with Crippen molar-refractivity contribution >= 4 is 46.2 Å². The molecule has 3 aromatic heterocycles. The van der Waals surface area contributed by atoms with E-state index in [1.165, 1.54) is 10.9 Å². The molecule has 1 saturated heterocycles. The van der Waals surface area contributed by atoms with E-state index in [4.69, 9.17) is 37.7 Å². The fraction of sp³-hybridized carbons (Fsp3) is 0.500. The largest absolute Gasteiger partial charge is 0.469 e. The summed E-state index contributed by atoms with van der Waals surface area (Å²) in [4.78, 5) is 8.99. The lowest BCUT2D eigenvalue weighted by Gasteiger charge is -2.20. The first kappa shape index (κ1) is 23.2. The lowest BCUT2D eigenvalue weighted by Crippen LogP contribution is -2.35. The molecule has 3 atom stereocenters. The minimum atomic E-state index is -1.73. The van der Waals surface area contributed by atoms with Crippen LogP contribution in [0.5, 0.6) is 5.88 Å². The van der Waals surface area contributed by atoms with Crippen LogP contribution in [0.15, 0.2) is 18.5 Å². The third kappa shape index (κ3) is 4.72. The Morgan fingerprint density at radius 1 is 1.39 bits per heavy atom. The third-order valence-corrected chi connectivity index (χ3v) is 5.42. The average molecular weight is 441 g/mol. The molecule has 13 heteroatoms. The molecule has 164 valence electrons. The van der Waals surface area contributed by atoms with Crippen molar-refractivity contribution < 1.29 is 14.2 Å². The van der Waals surface area contributed by atoms with Crippen molar-refractivity contribution in [2.75, 3.05) is 32.2 Å². The zero-order chi connectivity index (χ0) is 23.8. The van der Waals surface area contributed by atoms with Crippen LogP contribution in [0.4, 0.5) is 11.6 Å². The van der Waals surface area contributed by atoms with Gasteiger partial charge in [-0.2, -0.15) is 10.2 Å². The van der Waals surface area contributed by atoms with Crippen LogP contribution < -0.4 is 10.1 Å². The summed E-state index contributed by atoms with van der Waals surface area (Å²) in [6.45, 7) is 5.43. The van der Waals surface area contributed by atoms with E-state index in [-0.39, 0.29) is 29.9 Å². The Balaban J connectivity index is 1.70. The van der Waals surface area contributed by atoms with Crippen LogP contribution in [0.1, 0.15) is 25.6 Å². The maximum absolute atomic E-state index is 9.56. The van der Waals surface area contributed by atoms with Gasteiger partial charge in [0.1, 0.15) is 29.2 Å². The van der Waals surface area contributed by atoms with Gasteiger partial charge in [-0.05, 0) is 18.2 Å². The monoisotopic (exact) mass is 441 g/mol. The molecule has 0 bridgehead atoms. The molecule has 0 aromatic carbocycles. The molecular formula is C20H22B3N7O3. The van der Waals surface area contributed by atoms with Gasteiger partial charge in [0, 0.05) is 24.6 Å². The first-order chi connectivity index (χ1) is 15.7. The molecule has 0 aliphatic carbocycles. The number of anilines is 2. The Bertz CT molecular complexity index is 1180. The van der Waals surface area contributed by atoms with Crippen molar-refractivity contribution in [3.05, 3.63) is 24.2 Å². The minimum Gasteiger partial charge on any atom is -0.469 e. The van der Waals surface area contributed by atoms with E-state index in [2.05, 4.69) is 26.5 Å². The summed E-state index contributed by atoms with van der Waals surface area (Å²) >= 11 is 0. The van der Waals surface area contributed by atoms with E-state index in [0.717, 1.165) is 5.39 Å². The van der Waals surface area contributed by atoms with E-state index in [9.17, 15) is 5.26 Å². The van der Waals surface area contributed by atoms with E-state index >= 15 is 0 Å². The van der Waals surface area contributed by atoms with Gasteiger partial charge < -0.3 is 24.1 Å². The standard InChI is InChI=1S/C20H22B3N7O3/c1-11-8-32-10-16(11)33-18-15(7-29(28-18)20(21,22)23)26-19-25-6-13-4-14(5-24)30(17(13)27-19)12(2)9-31-3/h4,6-7,11-12,16H,8-10H2,1-3H3,(H,25,26,27)/t11?,12-,16+/m0/s1. The SMILES string of the molecule is [B]C([B])([B])n1cc(Nc2ncc3cc(C#N)n([C@@H](C)COC)c3n2)c(O[C@@H]2COCC2C)n1. The number of fused-ring (bicyclic) bond motifs is 1. The van der Waals surface area contributed by atoms with Gasteiger partial charge in [-0.15, -0.1) is 5.10 Å². The highest BCUT2D eigenvalue weighted by atomic mass is 16.6. The van der Waals surface area contributed by atoms with Crippen LogP contribution in [0.3, 0.4) is 0 Å². The topological polar surface area (TPSA) is 112 Å². The van der Waals surface area contributed by atoms with Crippen molar-refractivity contribution in [2.24, 2.45) is 5.92 Å². The summed E-state index contributed by atoms with van der Waals surface area (Å²) in [5.74, 6) is 0.698. The molecule has 4 heterocycles. The highest BCUT2D eigenvalue weighted by Crippen LogP contribution is 2.31. The predicted octanol–water partition coefficient (Wildman–Crippen LogP) is 0.937. The van der Waals surface area contributed by atoms with Gasteiger partial charge in [-0.3, -0.25) is 4.68 Å². The Labute approximate surface area is 195 Å². The van der Waals surface area contributed by atoms with E-state index in [1.54, 1.807) is 19.4 Å². The minimum absolute atomic E-state index is 0.109. The number of rotatable bonds is 8. The number of hydrogen-bond acceptors (Lipinski definition) is 8. The summed E-state index contributed by atoms with van der Waals surface area (Å²) < 4.78 is 19.8. The first-order valence-electron chi connectivity index (χ1n) is 10.5. The molecule has 10 nitrogen and oxygen atoms in total. The van der Waals surface area contributed by atoms with Crippen LogP contribution in [0.25, 0.3) is 11.0 Å². The highest BCUT2D eigenvalue weighted by molar-refractivity contribution is 6.56. The molecule has 1 N–H and O–H groups in total. The van der Waals surface area contributed by atoms with Crippen LogP contribution in [0, 0.1) is 17.2 Å². The molecule has 3 aromatic rings. The summed E-state index contributed by atoms with van der Waals surface area (Å²) in [6.07, 6.45) is 2.97. The molecule has 0 amide bonds. The normalized spacial score (nSPS) is 19.5. The number of hydrogen-bond donors (Lipinski definition) is 1. The van der Waals surface area contributed by atoms with Gasteiger partial charge in [-0.25, -0.2) is 4.98 Å². The fourth-order valence-corrected chi connectivity index (χ4v) is 3.70. The zero-order valence-corrected chi connectivity index (χ0v) is 18.7. The molecule has 1 unspecified atom stereocenters. The Morgan fingerprint density at radius 2 is 2.18 bits per heavy atom. The average Bonchev–Trinajstić information content (AvgIpc) is 3.45. The zero-order valence-electron chi connectivity index (χ0n) is 18.7. The van der Waals surface area contributed by atoms with Crippen molar-refractivity contribution in [1.82, 2.24) is 24.3 Å². The molecule has 1 aliphatic heterocycles. The molecule has 0 spiro atoms. The Hall–Kier alpha value is -2.97. The van der Waals surface area contributed by atoms with E-state index in [1.807, 2.05) is 18.4 Å². The molecule has 4 rings (SSSR count). The van der Waals surface area contributed by atoms with Gasteiger partial charge in [0.2, 0.25) is 5.95 Å². The number of methoxy groups -OCH3 is 1. The van der Waals surface area contributed by atoms with Crippen molar-refractivity contribution in [1.29, 1.82) is 5.26 Å². The maximum atomic E-state index is 9.56. The first-order valence-corrected chi connectivity index (χ1v) is 10.5. The summed E-state index contributed by atoms with van der Waals surface area (Å²) in [5, 5.41) is 16.0. The Kier molecular flexibility index (Phi) is 6.41. The highest BCUT2D eigenvalue weighted by Gasteiger charge is 2.29. The van der Waals surface area contributed by atoms with Crippen LogP contribution in [-0.2, 0) is 14.7 Å². The summed E-state index contributed by atoms with van der Waals surface area (Å²) in [5.41, 5.74) is 1.49. The third-order valence-electron chi connectivity index (χ3n) is 5.42. The second-order valence-electron chi connectivity index (χ2n) is 8.26. The molecule has 6 radical (unpaired) electrons. The molecule has 33 heavy (non-hydrogen) atoms. The quantitative estimate of drug-likeness (QED) is 0.515. The number of nitriles is 1. The van der Waals surface area contributed by atoms with Crippen molar-refractivity contribution in [3.63, 3.8) is 0 Å². The van der Waals surface area contributed by atoms with Crippen molar-refractivity contribution in [3.8, 4) is 11.9 Å². The second kappa shape index (κ2) is 9.12. The van der Waals surface area contributed by atoms with Crippen LogP contribution >= 0.6 is 0 Å². The van der Waals surface area contributed by atoms with Gasteiger partial charge in [-0.1, -0.05) is 6.92 Å².